The van der Waals surface area contributed by atoms with E-state index in [1.807, 2.05) is 0 Å². The van der Waals surface area contributed by atoms with Gasteiger partial charge in [-0.05, 0) is 18.4 Å². The van der Waals surface area contributed by atoms with Crippen LogP contribution in [0.2, 0.25) is 0 Å². The Hall–Kier alpha value is -1.29. The highest BCUT2D eigenvalue weighted by Crippen LogP contribution is 2.28. The monoisotopic (exact) mass is 264 g/mol. The van der Waals surface area contributed by atoms with Gasteiger partial charge in [-0.1, -0.05) is 38.5 Å². The van der Waals surface area contributed by atoms with Crippen LogP contribution < -0.4 is 11.1 Å². The number of furan rings is 1. The van der Waals surface area contributed by atoms with E-state index in [9.17, 15) is 4.79 Å². The van der Waals surface area contributed by atoms with Crippen molar-refractivity contribution in [3.63, 3.8) is 0 Å². The van der Waals surface area contributed by atoms with E-state index in [4.69, 9.17) is 10.2 Å². The van der Waals surface area contributed by atoms with Gasteiger partial charge in [0.25, 0.3) is 5.91 Å². The molecular formula is C15H24N2O2. The summed E-state index contributed by atoms with van der Waals surface area (Å²) < 4.78 is 5.14. The summed E-state index contributed by atoms with van der Waals surface area (Å²) in [5.74, 6) is 1.52. The molecule has 2 rings (SSSR count). The zero-order valence-electron chi connectivity index (χ0n) is 11.5. The fourth-order valence-electron chi connectivity index (χ4n) is 2.77. The first-order valence-electron chi connectivity index (χ1n) is 7.35. The van der Waals surface area contributed by atoms with Crippen molar-refractivity contribution in [2.24, 2.45) is 11.7 Å². The van der Waals surface area contributed by atoms with Gasteiger partial charge in [-0.3, -0.25) is 4.79 Å². The molecule has 1 aromatic rings. The second-order valence-corrected chi connectivity index (χ2v) is 5.41. The van der Waals surface area contributed by atoms with Gasteiger partial charge in [0.2, 0.25) is 0 Å². The maximum atomic E-state index is 11.8. The average molecular weight is 264 g/mol. The van der Waals surface area contributed by atoms with Gasteiger partial charge in [-0.2, -0.15) is 0 Å². The van der Waals surface area contributed by atoms with Gasteiger partial charge in [0.1, 0.15) is 12.0 Å². The van der Waals surface area contributed by atoms with Crippen LogP contribution in [-0.4, -0.2) is 12.5 Å². The molecule has 1 saturated carbocycles. The molecule has 1 amide bonds. The molecule has 4 heteroatoms. The van der Waals surface area contributed by atoms with Gasteiger partial charge in [-0.15, -0.1) is 0 Å². The van der Waals surface area contributed by atoms with Crippen LogP contribution in [0.1, 0.15) is 61.1 Å². The first kappa shape index (κ1) is 14.1. The standard InChI is InChI=1S/C15H24N2O2/c16-10-14-9-13(11-19-14)15(18)17-8-4-3-7-12-5-1-2-6-12/h9,11-12H,1-8,10,16H2,(H,17,18). The molecule has 1 aliphatic rings. The summed E-state index contributed by atoms with van der Waals surface area (Å²) in [6.07, 6.45) is 10.7. The molecule has 1 aliphatic carbocycles. The largest absolute Gasteiger partial charge is 0.467 e. The number of carbonyl (C=O) groups is 1. The summed E-state index contributed by atoms with van der Waals surface area (Å²) in [7, 11) is 0. The van der Waals surface area contributed by atoms with Crippen LogP contribution in [0.15, 0.2) is 16.7 Å². The van der Waals surface area contributed by atoms with E-state index in [-0.39, 0.29) is 5.91 Å². The van der Waals surface area contributed by atoms with Crippen molar-refractivity contribution in [3.05, 3.63) is 23.7 Å². The van der Waals surface area contributed by atoms with Crippen LogP contribution in [0.25, 0.3) is 0 Å². The van der Waals surface area contributed by atoms with E-state index in [2.05, 4.69) is 5.32 Å². The third kappa shape index (κ3) is 4.39. The molecular weight excluding hydrogens is 240 g/mol. The number of rotatable bonds is 7. The molecule has 0 spiro atoms. The van der Waals surface area contributed by atoms with Gasteiger partial charge in [-0.25, -0.2) is 0 Å². The predicted molar refractivity (Wildman–Crippen MR) is 74.7 cm³/mol. The molecule has 0 bridgehead atoms. The van der Waals surface area contributed by atoms with Crippen LogP contribution in [0.3, 0.4) is 0 Å². The second-order valence-electron chi connectivity index (χ2n) is 5.41. The smallest absolute Gasteiger partial charge is 0.254 e. The quantitative estimate of drug-likeness (QED) is 0.744. The Morgan fingerprint density at radius 1 is 1.37 bits per heavy atom. The molecule has 19 heavy (non-hydrogen) atoms. The van der Waals surface area contributed by atoms with Crippen LogP contribution in [0.5, 0.6) is 0 Å². The molecule has 0 radical (unpaired) electrons. The lowest BCUT2D eigenvalue weighted by atomic mass is 10.0. The van der Waals surface area contributed by atoms with Crippen LogP contribution in [0, 0.1) is 5.92 Å². The van der Waals surface area contributed by atoms with Crippen molar-refractivity contribution in [1.82, 2.24) is 5.32 Å². The fraction of sp³-hybridized carbons (Fsp3) is 0.667. The Kier molecular flexibility index (Phi) is 5.45. The van der Waals surface area contributed by atoms with Gasteiger partial charge < -0.3 is 15.5 Å². The molecule has 0 unspecified atom stereocenters. The third-order valence-corrected chi connectivity index (χ3v) is 3.92. The molecule has 3 N–H and O–H groups in total. The molecule has 0 aromatic carbocycles. The van der Waals surface area contributed by atoms with Crippen molar-refractivity contribution in [2.45, 2.75) is 51.5 Å². The van der Waals surface area contributed by atoms with Gasteiger partial charge in [0, 0.05) is 6.54 Å². The highest BCUT2D eigenvalue weighted by atomic mass is 16.3. The van der Waals surface area contributed by atoms with E-state index in [1.54, 1.807) is 6.07 Å². The van der Waals surface area contributed by atoms with Crippen molar-refractivity contribution in [3.8, 4) is 0 Å². The SMILES string of the molecule is NCc1cc(C(=O)NCCCCC2CCCC2)co1. The Morgan fingerprint density at radius 2 is 2.16 bits per heavy atom. The third-order valence-electron chi connectivity index (χ3n) is 3.92. The van der Waals surface area contributed by atoms with Crippen molar-refractivity contribution in [2.75, 3.05) is 6.54 Å². The summed E-state index contributed by atoms with van der Waals surface area (Å²) in [6.45, 7) is 1.07. The van der Waals surface area contributed by atoms with E-state index in [0.717, 1.165) is 18.9 Å². The molecule has 0 atom stereocenters. The molecule has 106 valence electrons. The van der Waals surface area contributed by atoms with Crippen LogP contribution >= 0.6 is 0 Å². The van der Waals surface area contributed by atoms with Crippen LogP contribution in [0.4, 0.5) is 0 Å². The number of hydrogen-bond acceptors (Lipinski definition) is 3. The Bertz CT molecular complexity index is 395. The molecule has 0 saturated heterocycles. The Balaban J connectivity index is 1.58. The molecule has 1 fully saturated rings. The molecule has 0 aliphatic heterocycles. The minimum absolute atomic E-state index is 0.0654. The number of nitrogens with two attached hydrogens (primary N) is 1. The first-order chi connectivity index (χ1) is 9.29. The predicted octanol–water partition coefficient (Wildman–Crippen LogP) is 2.83. The number of amides is 1. The number of carbonyl (C=O) groups excluding carboxylic acids is 1. The zero-order valence-corrected chi connectivity index (χ0v) is 11.5. The Labute approximate surface area is 114 Å². The summed E-state index contributed by atoms with van der Waals surface area (Å²) in [5, 5.41) is 2.92. The topological polar surface area (TPSA) is 68.3 Å². The lowest BCUT2D eigenvalue weighted by Gasteiger charge is -2.08. The maximum absolute atomic E-state index is 11.8. The van der Waals surface area contributed by atoms with Gasteiger partial charge >= 0.3 is 0 Å². The average Bonchev–Trinajstić information content (AvgIpc) is 3.09. The van der Waals surface area contributed by atoms with Gasteiger partial charge in [0.05, 0.1) is 12.1 Å². The summed E-state index contributed by atoms with van der Waals surface area (Å²) in [4.78, 5) is 11.8. The lowest BCUT2D eigenvalue weighted by molar-refractivity contribution is 0.0952. The minimum atomic E-state index is -0.0654. The number of nitrogens with one attached hydrogen (secondary N) is 1. The first-order valence-corrected chi connectivity index (χ1v) is 7.35. The fourth-order valence-corrected chi connectivity index (χ4v) is 2.77. The zero-order chi connectivity index (χ0) is 13.5. The van der Waals surface area contributed by atoms with Crippen molar-refractivity contribution in [1.29, 1.82) is 0 Å². The maximum Gasteiger partial charge on any atom is 0.254 e. The van der Waals surface area contributed by atoms with Crippen molar-refractivity contribution >= 4 is 5.91 Å². The number of hydrogen-bond donors (Lipinski definition) is 2. The highest BCUT2D eigenvalue weighted by Gasteiger charge is 2.14. The normalized spacial score (nSPS) is 15.8. The molecule has 1 heterocycles. The van der Waals surface area contributed by atoms with Crippen molar-refractivity contribution < 1.29 is 9.21 Å². The summed E-state index contributed by atoms with van der Waals surface area (Å²) >= 11 is 0. The van der Waals surface area contributed by atoms with Gasteiger partial charge in [0.15, 0.2) is 0 Å². The van der Waals surface area contributed by atoms with E-state index in [0.29, 0.717) is 17.9 Å². The van der Waals surface area contributed by atoms with Crippen LogP contribution in [-0.2, 0) is 6.54 Å². The summed E-state index contributed by atoms with van der Waals surface area (Å²) in [6, 6.07) is 1.70. The lowest BCUT2D eigenvalue weighted by Crippen LogP contribution is -2.24. The van der Waals surface area contributed by atoms with E-state index >= 15 is 0 Å². The van der Waals surface area contributed by atoms with E-state index in [1.165, 1.54) is 44.8 Å². The molecule has 1 aromatic heterocycles. The highest BCUT2D eigenvalue weighted by molar-refractivity contribution is 5.93. The minimum Gasteiger partial charge on any atom is -0.467 e. The summed E-state index contributed by atoms with van der Waals surface area (Å²) in [5.41, 5.74) is 6.00. The van der Waals surface area contributed by atoms with E-state index < -0.39 is 0 Å². The molecule has 4 nitrogen and oxygen atoms in total. The second kappa shape index (κ2) is 7.34. The Morgan fingerprint density at radius 3 is 2.84 bits per heavy atom. The number of unbranched alkanes of at least 4 members (excludes halogenated alkanes) is 1.